The van der Waals surface area contributed by atoms with Crippen molar-refractivity contribution < 1.29 is 14.3 Å². The van der Waals surface area contributed by atoms with Crippen molar-refractivity contribution in [3.05, 3.63) is 47.4 Å². The molecule has 0 atom stereocenters. The second-order valence-electron chi connectivity index (χ2n) is 4.31. The molecule has 0 saturated carbocycles. The molecule has 0 fully saturated rings. The van der Waals surface area contributed by atoms with Crippen LogP contribution in [0.15, 0.2) is 30.3 Å². The minimum Gasteiger partial charge on any atom is -0.486 e. The molecule has 21 heavy (non-hydrogen) atoms. The zero-order chi connectivity index (χ0) is 15.2. The van der Waals surface area contributed by atoms with Crippen LogP contribution in [0.4, 0.5) is 5.82 Å². The van der Waals surface area contributed by atoms with Crippen LogP contribution in [0.1, 0.15) is 28.8 Å². The van der Waals surface area contributed by atoms with E-state index in [2.05, 4.69) is 9.97 Å². The fourth-order valence-electron chi connectivity index (χ4n) is 1.84. The van der Waals surface area contributed by atoms with Gasteiger partial charge in [0.25, 0.3) is 0 Å². The maximum Gasteiger partial charge on any atom is 0.343 e. The number of anilines is 1. The molecule has 0 unspecified atom stereocenters. The second-order valence-corrected chi connectivity index (χ2v) is 4.31. The van der Waals surface area contributed by atoms with E-state index in [-0.39, 0.29) is 24.6 Å². The van der Waals surface area contributed by atoms with Crippen molar-refractivity contribution >= 4 is 11.8 Å². The molecule has 0 aliphatic carbocycles. The Labute approximate surface area is 122 Å². The molecule has 6 nitrogen and oxygen atoms in total. The van der Waals surface area contributed by atoms with Crippen LogP contribution in [0, 0.1) is 6.92 Å². The van der Waals surface area contributed by atoms with Crippen LogP contribution in [-0.4, -0.2) is 22.5 Å². The Balaban J connectivity index is 2.14. The van der Waals surface area contributed by atoms with Gasteiger partial charge in [0.1, 0.15) is 23.7 Å². The van der Waals surface area contributed by atoms with Gasteiger partial charge < -0.3 is 15.2 Å². The molecule has 2 aromatic rings. The lowest BCUT2D eigenvalue weighted by Crippen LogP contribution is -2.15. The summed E-state index contributed by atoms with van der Waals surface area (Å²) in [5.41, 5.74) is 6.50. The Morgan fingerprint density at radius 2 is 1.95 bits per heavy atom. The number of ether oxygens (including phenoxy) is 2. The quantitative estimate of drug-likeness (QED) is 0.847. The summed E-state index contributed by atoms with van der Waals surface area (Å²) < 4.78 is 10.5. The summed E-state index contributed by atoms with van der Waals surface area (Å²) in [7, 11) is 0. The Hall–Kier alpha value is -2.63. The number of nitrogens with two attached hydrogens (primary N) is 1. The van der Waals surface area contributed by atoms with Crippen molar-refractivity contribution in [1.29, 1.82) is 0 Å². The van der Waals surface area contributed by atoms with Crippen molar-refractivity contribution in [1.82, 2.24) is 9.97 Å². The first-order chi connectivity index (χ1) is 10.1. The maximum atomic E-state index is 11.8. The van der Waals surface area contributed by atoms with Gasteiger partial charge in [-0.15, -0.1) is 0 Å². The predicted octanol–water partition coefficient (Wildman–Crippen LogP) is 2.12. The first kappa shape index (κ1) is 14.8. The third-order valence-electron chi connectivity index (χ3n) is 2.75. The van der Waals surface area contributed by atoms with Crippen LogP contribution < -0.4 is 10.5 Å². The number of nitrogens with zero attached hydrogens (tertiary/aromatic N) is 2. The zero-order valence-corrected chi connectivity index (χ0v) is 12.0. The Morgan fingerprint density at radius 3 is 2.57 bits per heavy atom. The third-order valence-corrected chi connectivity index (χ3v) is 2.75. The molecule has 1 aromatic carbocycles. The standard InChI is InChI=1S/C15H17N3O3/c1-3-20-15(19)13-10(2)17-12(18-14(13)16)9-21-11-7-5-4-6-8-11/h4-8H,3,9H2,1-2H3,(H2,16,17,18). The van der Waals surface area contributed by atoms with Crippen molar-refractivity contribution in [3.63, 3.8) is 0 Å². The molecule has 0 saturated heterocycles. The minimum atomic E-state index is -0.511. The highest BCUT2D eigenvalue weighted by molar-refractivity contribution is 5.95. The summed E-state index contributed by atoms with van der Waals surface area (Å²) in [6, 6.07) is 9.32. The third kappa shape index (κ3) is 3.68. The van der Waals surface area contributed by atoms with Crippen molar-refractivity contribution in [2.75, 3.05) is 12.3 Å². The van der Waals surface area contributed by atoms with Gasteiger partial charge in [0, 0.05) is 0 Å². The van der Waals surface area contributed by atoms with E-state index < -0.39 is 5.97 Å². The van der Waals surface area contributed by atoms with Crippen LogP contribution >= 0.6 is 0 Å². The lowest BCUT2D eigenvalue weighted by molar-refractivity contribution is 0.0525. The molecule has 2 N–H and O–H groups in total. The molecule has 0 spiro atoms. The van der Waals surface area contributed by atoms with E-state index in [4.69, 9.17) is 15.2 Å². The molecule has 0 aliphatic heterocycles. The van der Waals surface area contributed by atoms with E-state index in [1.54, 1.807) is 13.8 Å². The van der Waals surface area contributed by atoms with Gasteiger partial charge in [-0.3, -0.25) is 0 Å². The SMILES string of the molecule is CCOC(=O)c1c(C)nc(COc2ccccc2)nc1N. The number of aromatic nitrogens is 2. The smallest absolute Gasteiger partial charge is 0.343 e. The van der Waals surface area contributed by atoms with E-state index in [0.29, 0.717) is 17.3 Å². The van der Waals surface area contributed by atoms with Crippen molar-refractivity contribution in [2.45, 2.75) is 20.5 Å². The molecular formula is C15H17N3O3. The van der Waals surface area contributed by atoms with Crippen molar-refractivity contribution in [3.8, 4) is 5.75 Å². The van der Waals surface area contributed by atoms with Gasteiger partial charge in [-0.05, 0) is 26.0 Å². The molecule has 6 heteroatoms. The Morgan fingerprint density at radius 1 is 1.24 bits per heavy atom. The molecule has 1 heterocycles. The minimum absolute atomic E-state index is 0.104. The predicted molar refractivity (Wildman–Crippen MR) is 77.9 cm³/mol. The van der Waals surface area contributed by atoms with E-state index in [1.165, 1.54) is 0 Å². The van der Waals surface area contributed by atoms with Crippen LogP contribution in [0.3, 0.4) is 0 Å². The van der Waals surface area contributed by atoms with Gasteiger partial charge in [-0.2, -0.15) is 0 Å². The van der Waals surface area contributed by atoms with Gasteiger partial charge in [0.05, 0.1) is 12.3 Å². The molecule has 0 amide bonds. The Bertz CT molecular complexity index is 606. The van der Waals surface area contributed by atoms with Gasteiger partial charge in [-0.1, -0.05) is 18.2 Å². The lowest BCUT2D eigenvalue weighted by Gasteiger charge is -2.10. The number of nitrogen functional groups attached to an aromatic ring is 1. The van der Waals surface area contributed by atoms with Crippen molar-refractivity contribution in [2.24, 2.45) is 0 Å². The molecule has 110 valence electrons. The number of rotatable bonds is 5. The average molecular weight is 287 g/mol. The van der Waals surface area contributed by atoms with Gasteiger partial charge in [0.15, 0.2) is 5.82 Å². The summed E-state index contributed by atoms with van der Waals surface area (Å²) >= 11 is 0. The number of hydrogen-bond donors (Lipinski definition) is 1. The summed E-state index contributed by atoms with van der Waals surface area (Å²) in [5.74, 6) is 0.726. The fourth-order valence-corrected chi connectivity index (χ4v) is 1.84. The first-order valence-corrected chi connectivity index (χ1v) is 6.59. The highest BCUT2D eigenvalue weighted by Gasteiger charge is 2.18. The number of aryl methyl sites for hydroxylation is 1. The summed E-state index contributed by atoms with van der Waals surface area (Å²) in [5, 5.41) is 0. The van der Waals surface area contributed by atoms with E-state index in [9.17, 15) is 4.79 Å². The zero-order valence-electron chi connectivity index (χ0n) is 12.0. The molecule has 1 aromatic heterocycles. The first-order valence-electron chi connectivity index (χ1n) is 6.59. The highest BCUT2D eigenvalue weighted by atomic mass is 16.5. The molecule has 0 bridgehead atoms. The topological polar surface area (TPSA) is 87.3 Å². The summed E-state index contributed by atoms with van der Waals surface area (Å²) in [6.45, 7) is 3.87. The van der Waals surface area contributed by atoms with Crippen LogP contribution in [-0.2, 0) is 11.3 Å². The molecular weight excluding hydrogens is 270 g/mol. The maximum absolute atomic E-state index is 11.8. The van der Waals surface area contributed by atoms with E-state index in [0.717, 1.165) is 0 Å². The summed E-state index contributed by atoms with van der Waals surface area (Å²) in [6.07, 6.45) is 0. The summed E-state index contributed by atoms with van der Waals surface area (Å²) in [4.78, 5) is 20.1. The van der Waals surface area contributed by atoms with Gasteiger partial charge in [-0.25, -0.2) is 14.8 Å². The second kappa shape index (κ2) is 6.69. The average Bonchev–Trinajstić information content (AvgIpc) is 2.46. The fraction of sp³-hybridized carbons (Fsp3) is 0.267. The number of carbonyl (C=O) groups is 1. The van der Waals surface area contributed by atoms with Crippen LogP contribution in [0.5, 0.6) is 5.75 Å². The number of para-hydroxylation sites is 1. The van der Waals surface area contributed by atoms with Gasteiger partial charge in [0.2, 0.25) is 0 Å². The van der Waals surface area contributed by atoms with Crippen LogP contribution in [0.25, 0.3) is 0 Å². The van der Waals surface area contributed by atoms with E-state index in [1.807, 2.05) is 30.3 Å². The lowest BCUT2D eigenvalue weighted by atomic mass is 10.2. The number of hydrogen-bond acceptors (Lipinski definition) is 6. The molecule has 0 aliphatic rings. The molecule has 0 radical (unpaired) electrons. The number of carbonyl (C=O) groups excluding carboxylic acids is 1. The largest absolute Gasteiger partial charge is 0.486 e. The van der Waals surface area contributed by atoms with E-state index >= 15 is 0 Å². The highest BCUT2D eigenvalue weighted by Crippen LogP contribution is 2.16. The molecule has 2 rings (SSSR count). The van der Waals surface area contributed by atoms with Gasteiger partial charge >= 0.3 is 5.97 Å². The Kier molecular flexibility index (Phi) is 4.71. The number of esters is 1. The van der Waals surface area contributed by atoms with Crippen LogP contribution in [0.2, 0.25) is 0 Å². The monoisotopic (exact) mass is 287 g/mol. The number of benzene rings is 1. The normalized spacial score (nSPS) is 10.2.